The molecule has 1 aromatic carbocycles. The van der Waals surface area contributed by atoms with E-state index in [4.69, 9.17) is 5.11 Å². The van der Waals surface area contributed by atoms with Crippen LogP contribution in [-0.4, -0.2) is 33.8 Å². The summed E-state index contributed by atoms with van der Waals surface area (Å²) in [5.74, 6) is -1.76. The Morgan fingerprint density at radius 3 is 2.67 bits per heavy atom. The second-order valence-corrected chi connectivity index (χ2v) is 6.40. The van der Waals surface area contributed by atoms with E-state index in [-0.39, 0.29) is 29.3 Å². The first-order chi connectivity index (χ1) is 12.8. The van der Waals surface area contributed by atoms with E-state index in [1.165, 1.54) is 12.1 Å². The molecular weight excluding hydrogens is 390 g/mol. The summed E-state index contributed by atoms with van der Waals surface area (Å²) in [7, 11) is 0. The summed E-state index contributed by atoms with van der Waals surface area (Å²) in [5.41, 5.74) is -0.0984. The first-order valence-electron chi connectivity index (χ1n) is 7.42. The van der Waals surface area contributed by atoms with Gasteiger partial charge in [-0.15, -0.1) is 11.3 Å². The molecule has 0 aliphatic heterocycles. The third-order valence-corrected chi connectivity index (χ3v) is 4.31. The van der Waals surface area contributed by atoms with E-state index in [9.17, 15) is 22.4 Å². The first kappa shape index (κ1) is 19.0. The van der Waals surface area contributed by atoms with E-state index >= 15 is 0 Å². The molecule has 2 aromatic heterocycles. The van der Waals surface area contributed by atoms with Crippen molar-refractivity contribution in [2.45, 2.75) is 12.8 Å². The van der Waals surface area contributed by atoms with E-state index in [2.05, 4.69) is 20.0 Å². The molecule has 2 N–H and O–H groups in total. The minimum absolute atomic E-state index is 0.00295. The Kier molecular flexibility index (Phi) is 5.24. The highest BCUT2D eigenvalue weighted by atomic mass is 32.1. The molecule has 0 bridgehead atoms. The van der Waals surface area contributed by atoms with E-state index in [0.29, 0.717) is 9.71 Å². The quantitative estimate of drug-likeness (QED) is 0.639. The lowest BCUT2D eigenvalue weighted by molar-refractivity contribution is -0.154. The monoisotopic (exact) mass is 401 g/mol. The number of fused-ring (bicyclic) bond motifs is 1. The van der Waals surface area contributed by atoms with Crippen LogP contribution in [0.5, 0.6) is 5.88 Å². The molecule has 0 unspecified atom stereocenters. The fourth-order valence-electron chi connectivity index (χ4n) is 2.12. The number of aromatic nitrogens is 2. The van der Waals surface area contributed by atoms with Gasteiger partial charge in [0.25, 0.3) is 5.91 Å². The molecule has 3 rings (SSSR count). The zero-order chi connectivity index (χ0) is 19.6. The first-order valence-corrected chi connectivity index (χ1v) is 8.24. The molecule has 3 aromatic rings. The Balaban J connectivity index is 1.73. The number of halogens is 4. The fraction of sp³-hybridized carbons (Fsp3) is 0.188. The highest BCUT2D eigenvalue weighted by molar-refractivity contribution is 7.18. The highest BCUT2D eigenvalue weighted by Gasteiger charge is 2.28. The molecule has 11 heteroatoms. The van der Waals surface area contributed by atoms with Gasteiger partial charge in [-0.25, -0.2) is 14.4 Å². The van der Waals surface area contributed by atoms with Gasteiger partial charge in [0.15, 0.2) is 12.4 Å². The zero-order valence-corrected chi connectivity index (χ0v) is 14.2. The van der Waals surface area contributed by atoms with Gasteiger partial charge in [-0.1, -0.05) is 0 Å². The number of ether oxygens (including phenoxy) is 1. The number of rotatable bonds is 5. The predicted octanol–water partition coefficient (Wildman–Crippen LogP) is 3.52. The van der Waals surface area contributed by atoms with Crippen LogP contribution < -0.4 is 10.1 Å². The number of aliphatic hydroxyl groups is 1. The summed E-state index contributed by atoms with van der Waals surface area (Å²) < 4.78 is 55.7. The van der Waals surface area contributed by atoms with Gasteiger partial charge >= 0.3 is 6.18 Å². The normalized spacial score (nSPS) is 11.6. The molecule has 1 amide bonds. The van der Waals surface area contributed by atoms with Gasteiger partial charge in [0.1, 0.15) is 10.5 Å². The van der Waals surface area contributed by atoms with Crippen molar-refractivity contribution in [3.63, 3.8) is 0 Å². The predicted molar refractivity (Wildman–Crippen MR) is 89.2 cm³/mol. The molecule has 0 radical (unpaired) electrons. The summed E-state index contributed by atoms with van der Waals surface area (Å²) in [6.07, 6.45) is -3.48. The largest absolute Gasteiger partial charge is 0.468 e. The zero-order valence-electron chi connectivity index (χ0n) is 13.4. The number of hydrogen-bond donors (Lipinski definition) is 2. The lowest BCUT2D eigenvalue weighted by Crippen LogP contribution is -2.19. The second kappa shape index (κ2) is 7.45. The Morgan fingerprint density at radius 1 is 1.26 bits per heavy atom. The molecule has 142 valence electrons. The third kappa shape index (κ3) is 4.49. The van der Waals surface area contributed by atoms with Crippen molar-refractivity contribution in [2.75, 3.05) is 11.9 Å². The Hall–Kier alpha value is -2.79. The van der Waals surface area contributed by atoms with E-state index < -0.39 is 24.5 Å². The number of nitrogens with zero attached hydrogens (tertiary/aromatic N) is 2. The van der Waals surface area contributed by atoms with Crippen LogP contribution in [0.25, 0.3) is 10.2 Å². The molecule has 0 spiro atoms. The van der Waals surface area contributed by atoms with Crippen molar-refractivity contribution < 1.29 is 32.2 Å². The van der Waals surface area contributed by atoms with Crippen molar-refractivity contribution in [1.29, 1.82) is 0 Å². The molecule has 0 saturated carbocycles. The van der Waals surface area contributed by atoms with Gasteiger partial charge in [-0.05, 0) is 18.2 Å². The van der Waals surface area contributed by atoms with Crippen molar-refractivity contribution in [2.24, 2.45) is 0 Å². The molecule has 2 heterocycles. The number of hydrogen-bond acceptors (Lipinski definition) is 6. The number of carbonyl (C=O) groups excluding carboxylic acids is 1. The number of alkyl halides is 3. The molecule has 0 atom stereocenters. The second-order valence-electron chi connectivity index (χ2n) is 5.28. The number of amides is 1. The van der Waals surface area contributed by atoms with E-state index in [1.807, 2.05) is 0 Å². The summed E-state index contributed by atoms with van der Waals surface area (Å²) in [6, 6.07) is 5.21. The summed E-state index contributed by atoms with van der Waals surface area (Å²) in [6.45, 7) is -1.82. The molecule has 6 nitrogen and oxygen atoms in total. The molecule has 0 aliphatic carbocycles. The lowest BCUT2D eigenvalue weighted by atomic mass is 10.2. The average molecular weight is 401 g/mol. The minimum atomic E-state index is -4.50. The van der Waals surface area contributed by atoms with Gasteiger partial charge < -0.3 is 15.2 Å². The maximum Gasteiger partial charge on any atom is 0.422 e. The van der Waals surface area contributed by atoms with Gasteiger partial charge in [0, 0.05) is 12.3 Å². The molecule has 0 aliphatic rings. The van der Waals surface area contributed by atoms with Crippen LogP contribution in [0.15, 0.2) is 30.5 Å². The highest BCUT2D eigenvalue weighted by Crippen LogP contribution is 2.29. The van der Waals surface area contributed by atoms with Gasteiger partial charge in [-0.2, -0.15) is 13.2 Å². The number of pyridine rings is 1. The van der Waals surface area contributed by atoms with Crippen molar-refractivity contribution >= 4 is 33.1 Å². The van der Waals surface area contributed by atoms with Crippen molar-refractivity contribution in [1.82, 2.24) is 9.97 Å². The van der Waals surface area contributed by atoms with E-state index in [1.54, 1.807) is 6.07 Å². The van der Waals surface area contributed by atoms with Crippen LogP contribution in [0.1, 0.15) is 15.4 Å². The maximum atomic E-state index is 14.5. The number of aliphatic hydroxyl groups excluding tert-OH is 1. The Bertz CT molecular complexity index is 973. The van der Waals surface area contributed by atoms with Gasteiger partial charge in [0.2, 0.25) is 5.88 Å². The topological polar surface area (TPSA) is 84.3 Å². The summed E-state index contributed by atoms with van der Waals surface area (Å²) >= 11 is 1.13. The Morgan fingerprint density at radius 2 is 2.04 bits per heavy atom. The number of benzene rings is 1. The standard InChI is InChI=1S/C16H11F4N3O3S/c17-13-9(2-3-10-14(13)23-12(6-24)27-10)22-15(25)8-1-4-11(21-5-8)26-7-16(18,19)20/h1-5,24H,6-7H2,(H,22,25). The average Bonchev–Trinajstić information content (AvgIpc) is 3.06. The lowest BCUT2D eigenvalue weighted by Gasteiger charge is -2.09. The summed E-state index contributed by atoms with van der Waals surface area (Å²) in [4.78, 5) is 19.8. The third-order valence-electron chi connectivity index (χ3n) is 3.31. The molecule has 0 fully saturated rings. The molecule has 0 saturated heterocycles. The van der Waals surface area contributed by atoms with Crippen molar-refractivity contribution in [3.05, 3.63) is 46.9 Å². The summed E-state index contributed by atoms with van der Waals surface area (Å²) in [5, 5.41) is 11.8. The SMILES string of the molecule is O=C(Nc1ccc2sc(CO)nc2c1F)c1ccc(OCC(F)(F)F)nc1. The smallest absolute Gasteiger partial charge is 0.422 e. The van der Waals surface area contributed by atoms with Crippen LogP contribution in [0, 0.1) is 5.82 Å². The van der Waals surface area contributed by atoms with E-state index in [0.717, 1.165) is 23.6 Å². The minimum Gasteiger partial charge on any atom is -0.468 e. The maximum absolute atomic E-state index is 14.5. The van der Waals surface area contributed by atoms with Gasteiger partial charge in [0.05, 0.1) is 22.6 Å². The Labute approximate surface area is 153 Å². The van der Waals surface area contributed by atoms with Crippen LogP contribution >= 0.6 is 11.3 Å². The molecular formula is C16H11F4N3O3S. The van der Waals surface area contributed by atoms with Gasteiger partial charge in [-0.3, -0.25) is 4.79 Å². The number of carbonyl (C=O) groups is 1. The number of anilines is 1. The van der Waals surface area contributed by atoms with Crippen LogP contribution in [-0.2, 0) is 6.61 Å². The number of thiazole rings is 1. The van der Waals surface area contributed by atoms with Crippen LogP contribution in [0.2, 0.25) is 0 Å². The fourth-order valence-corrected chi connectivity index (χ4v) is 2.95. The molecule has 27 heavy (non-hydrogen) atoms. The van der Waals surface area contributed by atoms with Crippen LogP contribution in [0.3, 0.4) is 0 Å². The van der Waals surface area contributed by atoms with Crippen LogP contribution in [0.4, 0.5) is 23.2 Å². The van der Waals surface area contributed by atoms with Crippen molar-refractivity contribution in [3.8, 4) is 5.88 Å². The number of nitrogens with one attached hydrogen (secondary N) is 1.